The largest absolute Gasteiger partial charge is 0.480 e. The summed E-state index contributed by atoms with van der Waals surface area (Å²) in [5.74, 6) is 0.585. The molecule has 0 aromatic carbocycles. The van der Waals surface area contributed by atoms with Gasteiger partial charge in [-0.05, 0) is 62.7 Å². The molecule has 4 nitrogen and oxygen atoms in total. The monoisotopic (exact) mass is 279 g/mol. The first-order valence-electron chi connectivity index (χ1n) is 7.87. The van der Waals surface area contributed by atoms with Crippen LogP contribution in [0.1, 0.15) is 52.4 Å². The van der Waals surface area contributed by atoms with Crippen molar-refractivity contribution in [2.75, 3.05) is 13.1 Å². The van der Waals surface area contributed by atoms with Gasteiger partial charge in [0, 0.05) is 6.54 Å². The fourth-order valence-electron chi connectivity index (χ4n) is 5.80. The Morgan fingerprint density at radius 3 is 2.25 bits per heavy atom. The van der Waals surface area contributed by atoms with Gasteiger partial charge in [0.05, 0.1) is 5.41 Å². The Morgan fingerprint density at radius 1 is 1.20 bits per heavy atom. The molecule has 0 spiro atoms. The molecule has 4 saturated carbocycles. The summed E-state index contributed by atoms with van der Waals surface area (Å²) < 4.78 is 0. The van der Waals surface area contributed by atoms with E-state index in [0.29, 0.717) is 23.8 Å². The number of hydrogen-bond donors (Lipinski definition) is 1. The molecule has 0 aliphatic heterocycles. The molecule has 0 radical (unpaired) electrons. The first-order chi connectivity index (χ1) is 9.36. The van der Waals surface area contributed by atoms with E-state index in [-0.39, 0.29) is 17.9 Å². The summed E-state index contributed by atoms with van der Waals surface area (Å²) in [5.41, 5.74) is 0.0761. The van der Waals surface area contributed by atoms with Gasteiger partial charge in [-0.2, -0.15) is 0 Å². The van der Waals surface area contributed by atoms with Crippen LogP contribution in [0, 0.1) is 22.7 Å². The molecule has 4 heteroatoms. The highest BCUT2D eigenvalue weighted by atomic mass is 16.4. The van der Waals surface area contributed by atoms with Gasteiger partial charge in [0.2, 0.25) is 5.91 Å². The summed E-state index contributed by atoms with van der Waals surface area (Å²) in [4.78, 5) is 25.5. The van der Waals surface area contributed by atoms with Gasteiger partial charge in [-0.15, -0.1) is 0 Å². The number of amides is 1. The Kier molecular flexibility index (Phi) is 3.11. The molecule has 0 saturated heterocycles. The van der Waals surface area contributed by atoms with Crippen molar-refractivity contribution in [1.82, 2.24) is 4.90 Å². The normalized spacial score (nSPS) is 41.7. The molecule has 1 N–H and O–H groups in total. The third kappa shape index (κ3) is 2.13. The van der Waals surface area contributed by atoms with E-state index in [9.17, 15) is 9.59 Å². The molecule has 20 heavy (non-hydrogen) atoms. The highest BCUT2D eigenvalue weighted by Gasteiger charge is 2.59. The maximum Gasteiger partial charge on any atom is 0.323 e. The molecular weight excluding hydrogens is 254 g/mol. The number of hydrogen-bond acceptors (Lipinski definition) is 2. The van der Waals surface area contributed by atoms with E-state index in [4.69, 9.17) is 5.11 Å². The van der Waals surface area contributed by atoms with Crippen LogP contribution < -0.4 is 0 Å². The number of aliphatic carboxylic acids is 1. The second kappa shape index (κ2) is 4.47. The molecule has 1 amide bonds. The standard InChI is InChI=1S/C16H25NO3/c1-3-17(9-13(18)19)14(20)16-7-11-4-12(8-16)6-15(2,5-11)10-16/h11-12H,3-10H2,1-2H3,(H,18,19). The van der Waals surface area contributed by atoms with Gasteiger partial charge < -0.3 is 10.0 Å². The predicted molar refractivity (Wildman–Crippen MR) is 75.1 cm³/mol. The first kappa shape index (κ1) is 13.9. The molecule has 2 unspecified atom stereocenters. The third-order valence-electron chi connectivity index (χ3n) is 5.80. The molecule has 0 aromatic heterocycles. The van der Waals surface area contributed by atoms with Gasteiger partial charge in [0.1, 0.15) is 6.54 Å². The third-order valence-corrected chi connectivity index (χ3v) is 5.80. The summed E-state index contributed by atoms with van der Waals surface area (Å²) >= 11 is 0. The van der Waals surface area contributed by atoms with Crippen LogP contribution >= 0.6 is 0 Å². The fourth-order valence-corrected chi connectivity index (χ4v) is 5.80. The number of carbonyl (C=O) groups excluding carboxylic acids is 1. The molecule has 4 aliphatic carbocycles. The van der Waals surface area contributed by atoms with Crippen LogP contribution in [-0.2, 0) is 9.59 Å². The van der Waals surface area contributed by atoms with Crippen LogP contribution in [0.2, 0.25) is 0 Å². The van der Waals surface area contributed by atoms with Crippen molar-refractivity contribution < 1.29 is 14.7 Å². The van der Waals surface area contributed by atoms with E-state index in [1.165, 1.54) is 19.3 Å². The summed E-state index contributed by atoms with van der Waals surface area (Å²) in [6.45, 7) is 4.56. The van der Waals surface area contributed by atoms with Crippen LogP contribution in [0.3, 0.4) is 0 Å². The van der Waals surface area contributed by atoms with E-state index < -0.39 is 5.97 Å². The molecule has 4 aliphatic rings. The zero-order valence-corrected chi connectivity index (χ0v) is 12.5. The Morgan fingerprint density at radius 2 is 1.80 bits per heavy atom. The van der Waals surface area contributed by atoms with E-state index in [0.717, 1.165) is 19.3 Å². The van der Waals surface area contributed by atoms with Crippen molar-refractivity contribution >= 4 is 11.9 Å². The number of carbonyl (C=O) groups is 2. The average molecular weight is 279 g/mol. The van der Waals surface area contributed by atoms with Crippen molar-refractivity contribution in [3.05, 3.63) is 0 Å². The lowest BCUT2D eigenvalue weighted by atomic mass is 9.44. The minimum Gasteiger partial charge on any atom is -0.480 e. The van der Waals surface area contributed by atoms with Crippen molar-refractivity contribution in [2.24, 2.45) is 22.7 Å². The summed E-state index contributed by atoms with van der Waals surface area (Å²) in [7, 11) is 0. The van der Waals surface area contributed by atoms with E-state index >= 15 is 0 Å². The number of carboxylic acid groups (broad SMARTS) is 1. The second-order valence-electron chi connectivity index (χ2n) is 7.77. The van der Waals surface area contributed by atoms with Gasteiger partial charge in [-0.1, -0.05) is 6.92 Å². The lowest BCUT2D eigenvalue weighted by molar-refractivity contribution is -0.168. The second-order valence-corrected chi connectivity index (χ2v) is 7.77. The lowest BCUT2D eigenvalue weighted by Crippen LogP contribution is -2.58. The average Bonchev–Trinajstić information content (AvgIpc) is 2.31. The summed E-state index contributed by atoms with van der Waals surface area (Å²) in [6.07, 6.45) is 6.78. The Bertz CT molecular complexity index is 431. The highest BCUT2D eigenvalue weighted by molar-refractivity contribution is 5.86. The highest BCUT2D eigenvalue weighted by Crippen LogP contribution is 2.65. The Labute approximate surface area is 120 Å². The molecular formula is C16H25NO3. The molecule has 4 bridgehead atoms. The van der Waals surface area contributed by atoms with Crippen molar-refractivity contribution in [2.45, 2.75) is 52.4 Å². The smallest absolute Gasteiger partial charge is 0.323 e. The van der Waals surface area contributed by atoms with Crippen molar-refractivity contribution in [1.29, 1.82) is 0 Å². The molecule has 0 aromatic rings. The molecule has 2 atom stereocenters. The number of carboxylic acids is 1. The zero-order valence-electron chi connectivity index (χ0n) is 12.5. The van der Waals surface area contributed by atoms with Crippen LogP contribution in [0.25, 0.3) is 0 Å². The molecule has 112 valence electrons. The van der Waals surface area contributed by atoms with Gasteiger partial charge in [0.15, 0.2) is 0 Å². The fraction of sp³-hybridized carbons (Fsp3) is 0.875. The number of nitrogens with zero attached hydrogens (tertiary/aromatic N) is 1. The first-order valence-corrected chi connectivity index (χ1v) is 7.87. The molecule has 0 heterocycles. The van der Waals surface area contributed by atoms with Crippen LogP contribution in [0.4, 0.5) is 0 Å². The molecule has 4 fully saturated rings. The molecule has 4 rings (SSSR count). The van der Waals surface area contributed by atoms with Crippen molar-refractivity contribution in [3.63, 3.8) is 0 Å². The summed E-state index contributed by atoms with van der Waals surface area (Å²) in [6, 6.07) is 0. The summed E-state index contributed by atoms with van der Waals surface area (Å²) in [5, 5.41) is 9.00. The van der Waals surface area contributed by atoms with Crippen LogP contribution in [0.15, 0.2) is 0 Å². The van der Waals surface area contributed by atoms with Crippen LogP contribution in [-0.4, -0.2) is 35.0 Å². The van der Waals surface area contributed by atoms with Crippen molar-refractivity contribution in [3.8, 4) is 0 Å². The number of rotatable bonds is 4. The van der Waals surface area contributed by atoms with Gasteiger partial charge >= 0.3 is 5.97 Å². The van der Waals surface area contributed by atoms with Crippen LogP contribution in [0.5, 0.6) is 0 Å². The van der Waals surface area contributed by atoms with E-state index in [1.54, 1.807) is 4.90 Å². The topological polar surface area (TPSA) is 57.6 Å². The Balaban J connectivity index is 1.85. The maximum absolute atomic E-state index is 13.0. The number of likely N-dealkylation sites (N-methyl/N-ethyl adjacent to an activating group) is 1. The maximum atomic E-state index is 13.0. The van der Waals surface area contributed by atoms with Gasteiger partial charge in [-0.3, -0.25) is 9.59 Å². The minimum atomic E-state index is -0.906. The minimum absolute atomic E-state index is 0.114. The van der Waals surface area contributed by atoms with Gasteiger partial charge in [-0.25, -0.2) is 0 Å². The predicted octanol–water partition coefficient (Wildman–Crippen LogP) is 2.53. The lowest BCUT2D eigenvalue weighted by Gasteiger charge is -2.61. The SMILES string of the molecule is CCN(CC(=O)O)C(=O)C12CC3CC(CC(C)(C3)C1)C2. The zero-order chi connectivity index (χ0) is 14.5. The van der Waals surface area contributed by atoms with Gasteiger partial charge in [0.25, 0.3) is 0 Å². The quantitative estimate of drug-likeness (QED) is 0.860. The Hall–Kier alpha value is -1.06. The van der Waals surface area contributed by atoms with E-state index in [1.807, 2.05) is 6.92 Å². The van der Waals surface area contributed by atoms with E-state index in [2.05, 4.69) is 6.92 Å².